The van der Waals surface area contributed by atoms with Crippen molar-refractivity contribution in [3.05, 3.63) is 77.5 Å². The van der Waals surface area contributed by atoms with Gasteiger partial charge in [-0.25, -0.2) is 9.37 Å². The van der Waals surface area contributed by atoms with Crippen LogP contribution >= 0.6 is 0 Å². The molecule has 4 nitrogen and oxygen atoms in total. The average molecular weight is 404 g/mol. The Bertz CT molecular complexity index is 1090. The maximum atomic E-state index is 14.6. The van der Waals surface area contributed by atoms with Gasteiger partial charge in [-0.3, -0.25) is 4.79 Å². The number of halogens is 1. The van der Waals surface area contributed by atoms with E-state index in [2.05, 4.69) is 36.2 Å². The number of aliphatic hydroxyl groups is 1. The quantitative estimate of drug-likeness (QED) is 0.669. The molecule has 2 heterocycles. The number of hydrogen-bond donors (Lipinski definition) is 1. The highest BCUT2D eigenvalue weighted by atomic mass is 19.1. The maximum absolute atomic E-state index is 14.6. The largest absolute Gasteiger partial charge is 0.382 e. The second-order valence-electron chi connectivity index (χ2n) is 8.75. The van der Waals surface area contributed by atoms with Gasteiger partial charge in [0, 0.05) is 17.5 Å². The number of ketones is 1. The molecule has 0 spiro atoms. The van der Waals surface area contributed by atoms with Crippen molar-refractivity contribution in [2.24, 2.45) is 0 Å². The van der Waals surface area contributed by atoms with Crippen LogP contribution in [0, 0.1) is 12.7 Å². The van der Waals surface area contributed by atoms with Crippen molar-refractivity contribution in [1.29, 1.82) is 0 Å². The van der Waals surface area contributed by atoms with Crippen LogP contribution in [0.3, 0.4) is 0 Å². The van der Waals surface area contributed by atoms with E-state index in [0.717, 1.165) is 24.1 Å². The average Bonchev–Trinajstić information content (AvgIpc) is 3.33. The molecule has 5 rings (SSSR count). The Morgan fingerprint density at radius 3 is 2.67 bits per heavy atom. The fourth-order valence-corrected chi connectivity index (χ4v) is 5.11. The van der Waals surface area contributed by atoms with E-state index in [9.17, 15) is 14.3 Å². The highest BCUT2D eigenvalue weighted by Gasteiger charge is 2.42. The van der Waals surface area contributed by atoms with Crippen LogP contribution in [0.5, 0.6) is 0 Å². The molecule has 1 aliphatic carbocycles. The van der Waals surface area contributed by atoms with Crippen LogP contribution in [0.2, 0.25) is 0 Å². The number of benzene rings is 2. The summed E-state index contributed by atoms with van der Waals surface area (Å²) in [5, 5.41) is 11.2. The van der Waals surface area contributed by atoms with Gasteiger partial charge in [0.1, 0.15) is 11.4 Å². The summed E-state index contributed by atoms with van der Waals surface area (Å²) >= 11 is 0. The molecule has 0 radical (unpaired) electrons. The molecule has 2 aliphatic rings. The SMILES string of the molecule is Cc1ccc(C2CCC(O)(C(=O)CC3c4c(F)cccc4-c4cncn43)CC2)cc1. The van der Waals surface area contributed by atoms with Gasteiger partial charge in [-0.05, 0) is 50.2 Å². The third kappa shape index (κ3) is 3.08. The predicted molar refractivity (Wildman–Crippen MR) is 113 cm³/mol. The minimum Gasteiger partial charge on any atom is -0.382 e. The number of aryl methyl sites for hydroxylation is 1. The minimum atomic E-state index is -1.34. The van der Waals surface area contributed by atoms with Crippen LogP contribution in [0.4, 0.5) is 4.39 Å². The number of rotatable bonds is 4. The molecule has 0 bridgehead atoms. The molecular formula is C25H25FN2O2. The number of carbonyl (C=O) groups is 1. The molecule has 2 aromatic carbocycles. The summed E-state index contributed by atoms with van der Waals surface area (Å²) < 4.78 is 16.5. The Hall–Kier alpha value is -2.79. The standard InChI is InChI=1S/C25H25FN2O2/c1-16-5-7-17(8-6-16)18-9-11-25(30,12-10-18)23(29)13-21-24-19(3-2-4-20(24)26)22-14-27-15-28(21)22/h2-8,14-15,18,21,30H,9-13H2,1H3. The molecule has 0 saturated heterocycles. The Labute approximate surface area is 175 Å². The highest BCUT2D eigenvalue weighted by Crippen LogP contribution is 2.45. The number of nitrogens with zero attached hydrogens (tertiary/aromatic N) is 2. The summed E-state index contributed by atoms with van der Waals surface area (Å²) in [5.41, 5.74) is 3.28. The first-order chi connectivity index (χ1) is 14.5. The second-order valence-corrected chi connectivity index (χ2v) is 8.75. The molecule has 1 fully saturated rings. The van der Waals surface area contributed by atoms with Gasteiger partial charge in [-0.2, -0.15) is 0 Å². The first-order valence-electron chi connectivity index (χ1n) is 10.6. The first-order valence-corrected chi connectivity index (χ1v) is 10.6. The van der Waals surface area contributed by atoms with E-state index in [4.69, 9.17) is 0 Å². The van der Waals surface area contributed by atoms with E-state index >= 15 is 0 Å². The van der Waals surface area contributed by atoms with Crippen molar-refractivity contribution in [2.75, 3.05) is 0 Å². The number of Topliss-reactive ketones (excluding diaryl/α,β-unsaturated/α-hetero) is 1. The van der Waals surface area contributed by atoms with Crippen LogP contribution in [0.15, 0.2) is 55.0 Å². The Morgan fingerprint density at radius 2 is 1.93 bits per heavy atom. The van der Waals surface area contributed by atoms with Gasteiger partial charge in [0.15, 0.2) is 5.78 Å². The molecular weight excluding hydrogens is 379 g/mol. The molecule has 1 N–H and O–H groups in total. The number of carbonyl (C=O) groups excluding carboxylic acids is 1. The molecule has 3 aromatic rings. The molecule has 1 saturated carbocycles. The third-order valence-electron chi connectivity index (χ3n) is 6.92. The fraction of sp³-hybridized carbons (Fsp3) is 0.360. The van der Waals surface area contributed by atoms with E-state index in [-0.39, 0.29) is 18.0 Å². The fourth-order valence-electron chi connectivity index (χ4n) is 5.11. The van der Waals surface area contributed by atoms with Crippen molar-refractivity contribution in [2.45, 2.75) is 56.6 Å². The topological polar surface area (TPSA) is 55.1 Å². The summed E-state index contributed by atoms with van der Waals surface area (Å²) in [6.45, 7) is 2.07. The van der Waals surface area contributed by atoms with Crippen LogP contribution in [0.1, 0.15) is 60.8 Å². The molecule has 1 aromatic heterocycles. The molecule has 0 amide bonds. The van der Waals surface area contributed by atoms with Crippen molar-refractivity contribution in [1.82, 2.24) is 9.55 Å². The van der Waals surface area contributed by atoms with Crippen LogP contribution < -0.4 is 0 Å². The van der Waals surface area contributed by atoms with E-state index < -0.39 is 11.6 Å². The lowest BCUT2D eigenvalue weighted by atomic mass is 9.73. The van der Waals surface area contributed by atoms with Crippen molar-refractivity contribution < 1.29 is 14.3 Å². The van der Waals surface area contributed by atoms with Gasteiger partial charge in [-0.15, -0.1) is 0 Å². The van der Waals surface area contributed by atoms with E-state index in [1.807, 2.05) is 10.6 Å². The molecule has 5 heteroatoms. The Balaban J connectivity index is 1.33. The zero-order chi connectivity index (χ0) is 20.9. The monoisotopic (exact) mass is 404 g/mol. The number of fused-ring (bicyclic) bond motifs is 3. The van der Waals surface area contributed by atoms with E-state index in [1.54, 1.807) is 18.6 Å². The smallest absolute Gasteiger partial charge is 0.166 e. The molecule has 154 valence electrons. The number of imidazole rings is 1. The normalized spacial score (nSPS) is 25.0. The first kappa shape index (κ1) is 19.2. The lowest BCUT2D eigenvalue weighted by Gasteiger charge is -2.35. The lowest BCUT2D eigenvalue weighted by molar-refractivity contribution is -0.141. The summed E-state index contributed by atoms with van der Waals surface area (Å²) in [4.78, 5) is 17.4. The van der Waals surface area contributed by atoms with Crippen molar-refractivity contribution >= 4 is 5.78 Å². The molecule has 1 aliphatic heterocycles. The van der Waals surface area contributed by atoms with E-state index in [0.29, 0.717) is 24.3 Å². The number of aromatic nitrogens is 2. The zero-order valence-electron chi connectivity index (χ0n) is 17.0. The summed E-state index contributed by atoms with van der Waals surface area (Å²) in [6.07, 6.45) is 5.85. The van der Waals surface area contributed by atoms with Crippen LogP contribution in [-0.4, -0.2) is 26.0 Å². The van der Waals surface area contributed by atoms with Gasteiger partial charge in [0.2, 0.25) is 0 Å². The van der Waals surface area contributed by atoms with Crippen molar-refractivity contribution in [3.63, 3.8) is 0 Å². The van der Waals surface area contributed by atoms with Gasteiger partial charge in [0.25, 0.3) is 0 Å². The van der Waals surface area contributed by atoms with Gasteiger partial charge in [0.05, 0.1) is 24.3 Å². The van der Waals surface area contributed by atoms with Gasteiger partial charge >= 0.3 is 0 Å². The zero-order valence-corrected chi connectivity index (χ0v) is 17.0. The predicted octanol–water partition coefficient (Wildman–Crippen LogP) is 4.95. The Kier molecular flexibility index (Phi) is 4.58. The second kappa shape index (κ2) is 7.17. The van der Waals surface area contributed by atoms with Crippen molar-refractivity contribution in [3.8, 4) is 11.3 Å². The minimum absolute atomic E-state index is 0.0724. The Morgan fingerprint density at radius 1 is 1.20 bits per heavy atom. The van der Waals surface area contributed by atoms with Gasteiger partial charge in [-0.1, -0.05) is 42.0 Å². The maximum Gasteiger partial charge on any atom is 0.166 e. The number of hydrogen-bond acceptors (Lipinski definition) is 3. The van der Waals surface area contributed by atoms with Crippen LogP contribution in [-0.2, 0) is 4.79 Å². The molecule has 1 atom stereocenters. The van der Waals surface area contributed by atoms with Crippen LogP contribution in [0.25, 0.3) is 11.3 Å². The highest BCUT2D eigenvalue weighted by molar-refractivity contribution is 5.88. The molecule has 30 heavy (non-hydrogen) atoms. The summed E-state index contributed by atoms with van der Waals surface area (Å²) in [5.74, 6) is -0.154. The van der Waals surface area contributed by atoms with Gasteiger partial charge < -0.3 is 9.67 Å². The lowest BCUT2D eigenvalue weighted by Crippen LogP contribution is -2.42. The molecule has 1 unspecified atom stereocenters. The summed E-state index contributed by atoms with van der Waals surface area (Å²) in [6, 6.07) is 13.0. The summed E-state index contributed by atoms with van der Waals surface area (Å²) in [7, 11) is 0. The third-order valence-corrected chi connectivity index (χ3v) is 6.92. The van der Waals surface area contributed by atoms with E-state index in [1.165, 1.54) is 17.2 Å².